The third-order valence-electron chi connectivity index (χ3n) is 3.42. The Kier molecular flexibility index (Phi) is 4.08. The first-order valence-electron chi connectivity index (χ1n) is 6.60. The summed E-state index contributed by atoms with van der Waals surface area (Å²) >= 11 is 8.44. The number of rotatable bonds is 2. The van der Waals surface area contributed by atoms with Crippen LogP contribution in [0.1, 0.15) is 52.6 Å². The van der Waals surface area contributed by atoms with Gasteiger partial charge in [-0.05, 0) is 42.0 Å². The Bertz CT molecular complexity index is 558. The number of hydrogen-bond acceptors (Lipinski definition) is 1. The second-order valence-electron chi connectivity index (χ2n) is 6.10. The van der Waals surface area contributed by atoms with Crippen LogP contribution in [0.4, 0.5) is 0 Å². The van der Waals surface area contributed by atoms with Gasteiger partial charge in [-0.15, -0.1) is 22.9 Å². The molecule has 102 valence electrons. The van der Waals surface area contributed by atoms with Gasteiger partial charge in [-0.1, -0.05) is 45.0 Å². The van der Waals surface area contributed by atoms with Crippen molar-refractivity contribution in [2.24, 2.45) is 0 Å². The summed E-state index contributed by atoms with van der Waals surface area (Å²) in [6.45, 7) is 11.0. The molecule has 19 heavy (non-hydrogen) atoms. The van der Waals surface area contributed by atoms with Crippen LogP contribution in [0.5, 0.6) is 0 Å². The van der Waals surface area contributed by atoms with Gasteiger partial charge in [0.25, 0.3) is 0 Å². The fraction of sp³-hybridized carbons (Fsp3) is 0.412. The predicted octanol–water partition coefficient (Wildman–Crippen LogP) is 5.99. The summed E-state index contributed by atoms with van der Waals surface area (Å²) in [7, 11) is 0. The summed E-state index contributed by atoms with van der Waals surface area (Å²) in [6.07, 6.45) is 0. The van der Waals surface area contributed by atoms with E-state index in [2.05, 4.69) is 65.0 Å². The highest BCUT2D eigenvalue weighted by Gasteiger charge is 2.17. The number of halogens is 1. The standard InChI is InChI=1S/C17H21ClS/c1-11-10-15(12(2)19-11)16(18)13-6-8-14(9-7-13)17(3,4)5/h6-10,16H,1-5H3. The first-order valence-corrected chi connectivity index (χ1v) is 7.86. The molecule has 0 fully saturated rings. The second-order valence-corrected chi connectivity index (χ2v) is 8.00. The largest absolute Gasteiger partial charge is 0.146 e. The molecule has 0 spiro atoms. The van der Waals surface area contributed by atoms with Crippen molar-refractivity contribution in [3.63, 3.8) is 0 Å². The molecule has 0 aliphatic heterocycles. The molecule has 0 aliphatic carbocycles. The maximum Gasteiger partial charge on any atom is 0.0846 e. The van der Waals surface area contributed by atoms with Gasteiger partial charge in [-0.3, -0.25) is 0 Å². The average molecular weight is 293 g/mol. The molecule has 1 aromatic heterocycles. The summed E-state index contributed by atoms with van der Waals surface area (Å²) in [6, 6.07) is 10.9. The van der Waals surface area contributed by atoms with Gasteiger partial charge >= 0.3 is 0 Å². The number of aryl methyl sites for hydroxylation is 2. The fourth-order valence-corrected chi connectivity index (χ4v) is 3.63. The molecule has 1 heterocycles. The molecule has 2 aromatic rings. The number of hydrogen-bond donors (Lipinski definition) is 0. The maximum atomic E-state index is 6.62. The van der Waals surface area contributed by atoms with Gasteiger partial charge < -0.3 is 0 Å². The third kappa shape index (κ3) is 3.21. The van der Waals surface area contributed by atoms with Crippen molar-refractivity contribution in [3.8, 4) is 0 Å². The highest BCUT2D eigenvalue weighted by atomic mass is 35.5. The van der Waals surface area contributed by atoms with Crippen molar-refractivity contribution in [2.75, 3.05) is 0 Å². The molecule has 0 amide bonds. The lowest BCUT2D eigenvalue weighted by atomic mass is 9.86. The van der Waals surface area contributed by atoms with Gasteiger partial charge in [-0.25, -0.2) is 0 Å². The molecule has 0 radical (unpaired) electrons. The molecule has 1 aromatic carbocycles. The van der Waals surface area contributed by atoms with E-state index in [4.69, 9.17) is 11.6 Å². The van der Waals surface area contributed by atoms with Gasteiger partial charge in [0.1, 0.15) is 0 Å². The molecule has 0 N–H and O–H groups in total. The summed E-state index contributed by atoms with van der Waals surface area (Å²) in [4.78, 5) is 2.64. The van der Waals surface area contributed by atoms with Gasteiger partial charge in [-0.2, -0.15) is 0 Å². The van der Waals surface area contributed by atoms with Crippen LogP contribution in [0.25, 0.3) is 0 Å². The Morgan fingerprint density at radius 2 is 1.63 bits per heavy atom. The zero-order valence-corrected chi connectivity index (χ0v) is 13.8. The predicted molar refractivity (Wildman–Crippen MR) is 86.6 cm³/mol. The SMILES string of the molecule is Cc1cc(C(Cl)c2ccc(C(C)(C)C)cc2)c(C)s1. The zero-order valence-electron chi connectivity index (χ0n) is 12.3. The lowest BCUT2D eigenvalue weighted by Crippen LogP contribution is -2.10. The van der Waals surface area contributed by atoms with E-state index in [-0.39, 0.29) is 10.8 Å². The van der Waals surface area contributed by atoms with Crippen LogP contribution in [-0.2, 0) is 5.41 Å². The van der Waals surface area contributed by atoms with Crippen molar-refractivity contribution >= 4 is 22.9 Å². The van der Waals surface area contributed by atoms with Gasteiger partial charge in [0.05, 0.1) is 5.38 Å². The minimum Gasteiger partial charge on any atom is -0.146 e. The van der Waals surface area contributed by atoms with E-state index in [9.17, 15) is 0 Å². The minimum atomic E-state index is -0.0426. The summed E-state index contributed by atoms with van der Waals surface area (Å²) < 4.78 is 0. The number of alkyl halides is 1. The molecular formula is C17H21ClS. The van der Waals surface area contributed by atoms with E-state index in [0.717, 1.165) is 0 Å². The lowest BCUT2D eigenvalue weighted by molar-refractivity contribution is 0.590. The van der Waals surface area contributed by atoms with Crippen LogP contribution in [0.2, 0.25) is 0 Å². The lowest BCUT2D eigenvalue weighted by Gasteiger charge is -2.20. The molecular weight excluding hydrogens is 272 g/mol. The number of thiophene rings is 1. The first kappa shape index (κ1) is 14.6. The minimum absolute atomic E-state index is 0.0426. The maximum absolute atomic E-state index is 6.62. The first-order chi connectivity index (χ1) is 8.79. The van der Waals surface area contributed by atoms with E-state index >= 15 is 0 Å². The Balaban J connectivity index is 2.30. The van der Waals surface area contributed by atoms with E-state index in [0.29, 0.717) is 0 Å². The van der Waals surface area contributed by atoms with E-state index in [1.807, 2.05) is 11.3 Å². The van der Waals surface area contributed by atoms with E-state index < -0.39 is 0 Å². The molecule has 0 nitrogen and oxygen atoms in total. The summed E-state index contributed by atoms with van der Waals surface area (Å²) in [5.41, 5.74) is 3.96. The highest BCUT2D eigenvalue weighted by molar-refractivity contribution is 7.12. The highest BCUT2D eigenvalue weighted by Crippen LogP contribution is 2.35. The monoisotopic (exact) mass is 292 g/mol. The number of benzene rings is 1. The van der Waals surface area contributed by atoms with Crippen molar-refractivity contribution < 1.29 is 0 Å². The third-order valence-corrected chi connectivity index (χ3v) is 4.89. The van der Waals surface area contributed by atoms with E-state index in [1.54, 1.807) is 0 Å². The van der Waals surface area contributed by atoms with E-state index in [1.165, 1.54) is 26.4 Å². The zero-order chi connectivity index (χ0) is 14.2. The molecule has 2 rings (SSSR count). The van der Waals surface area contributed by atoms with Crippen LogP contribution in [0.3, 0.4) is 0 Å². The molecule has 0 aliphatic rings. The van der Waals surface area contributed by atoms with Crippen LogP contribution >= 0.6 is 22.9 Å². The van der Waals surface area contributed by atoms with Crippen LogP contribution < -0.4 is 0 Å². The van der Waals surface area contributed by atoms with Gasteiger partial charge in [0, 0.05) is 9.75 Å². The Hall–Kier alpha value is -0.790. The fourth-order valence-electron chi connectivity index (χ4n) is 2.23. The van der Waals surface area contributed by atoms with Crippen LogP contribution in [0, 0.1) is 13.8 Å². The van der Waals surface area contributed by atoms with Gasteiger partial charge in [0.2, 0.25) is 0 Å². The summed E-state index contributed by atoms with van der Waals surface area (Å²) in [5, 5.41) is -0.0426. The van der Waals surface area contributed by atoms with Crippen molar-refractivity contribution in [1.29, 1.82) is 0 Å². The topological polar surface area (TPSA) is 0 Å². The Morgan fingerprint density at radius 3 is 2.05 bits per heavy atom. The smallest absolute Gasteiger partial charge is 0.0846 e. The molecule has 0 saturated heterocycles. The Morgan fingerprint density at radius 1 is 1.05 bits per heavy atom. The molecule has 0 saturated carbocycles. The molecule has 0 bridgehead atoms. The van der Waals surface area contributed by atoms with Crippen LogP contribution in [-0.4, -0.2) is 0 Å². The normalized spacial score (nSPS) is 13.6. The second kappa shape index (κ2) is 5.30. The summed E-state index contributed by atoms with van der Waals surface area (Å²) in [5.74, 6) is 0. The Labute approximate surface area is 125 Å². The molecule has 1 unspecified atom stereocenters. The molecule has 1 atom stereocenters. The van der Waals surface area contributed by atoms with Gasteiger partial charge in [0.15, 0.2) is 0 Å². The van der Waals surface area contributed by atoms with Crippen molar-refractivity contribution in [1.82, 2.24) is 0 Å². The quantitative estimate of drug-likeness (QED) is 0.596. The van der Waals surface area contributed by atoms with Crippen molar-refractivity contribution in [2.45, 2.75) is 45.4 Å². The van der Waals surface area contributed by atoms with Crippen molar-refractivity contribution in [3.05, 3.63) is 56.8 Å². The average Bonchev–Trinajstić information content (AvgIpc) is 2.66. The van der Waals surface area contributed by atoms with Crippen LogP contribution in [0.15, 0.2) is 30.3 Å². The molecule has 2 heteroatoms.